The van der Waals surface area contributed by atoms with Gasteiger partial charge in [0.05, 0.1) is 6.10 Å². The SMILES string of the molecule is C[C@@H]1C[C@@]2(C)[C@@H](CC[C@@H]3[C@H]2CC[C@]2(C)[C@H](O)CC[C@@H]32)CC1=O. The van der Waals surface area contributed by atoms with Crippen molar-refractivity contribution in [2.24, 2.45) is 40.4 Å². The molecule has 2 heteroatoms. The van der Waals surface area contributed by atoms with Crippen molar-refractivity contribution in [3.05, 3.63) is 0 Å². The molecule has 22 heavy (non-hydrogen) atoms. The van der Waals surface area contributed by atoms with E-state index in [1.54, 1.807) is 0 Å². The molecule has 2 nitrogen and oxygen atoms in total. The lowest BCUT2D eigenvalue weighted by molar-refractivity contribution is -0.148. The number of ketones is 1. The van der Waals surface area contributed by atoms with Gasteiger partial charge in [0.2, 0.25) is 0 Å². The Balaban J connectivity index is 1.65. The Hall–Kier alpha value is -0.370. The molecule has 0 aromatic carbocycles. The van der Waals surface area contributed by atoms with Crippen LogP contribution in [0.4, 0.5) is 0 Å². The minimum absolute atomic E-state index is 0.0733. The number of hydrogen-bond acceptors (Lipinski definition) is 2. The zero-order valence-corrected chi connectivity index (χ0v) is 14.5. The van der Waals surface area contributed by atoms with Crippen LogP contribution in [0.15, 0.2) is 0 Å². The predicted octanol–water partition coefficient (Wildman–Crippen LogP) is 4.21. The fourth-order valence-electron chi connectivity index (χ4n) is 7.38. The maximum atomic E-state index is 12.2. The van der Waals surface area contributed by atoms with Crippen LogP contribution in [-0.4, -0.2) is 17.0 Å². The normalized spacial score (nSPS) is 57.9. The van der Waals surface area contributed by atoms with Crippen LogP contribution in [0.5, 0.6) is 0 Å². The van der Waals surface area contributed by atoms with Gasteiger partial charge in [-0.3, -0.25) is 4.79 Å². The van der Waals surface area contributed by atoms with Crippen LogP contribution >= 0.6 is 0 Å². The molecule has 4 aliphatic carbocycles. The van der Waals surface area contributed by atoms with Crippen molar-refractivity contribution in [1.82, 2.24) is 0 Å². The van der Waals surface area contributed by atoms with Crippen LogP contribution in [0.3, 0.4) is 0 Å². The molecular weight excluding hydrogens is 272 g/mol. The number of carbonyl (C=O) groups is 1. The quantitative estimate of drug-likeness (QED) is 0.728. The zero-order valence-electron chi connectivity index (χ0n) is 14.5. The van der Waals surface area contributed by atoms with E-state index in [-0.39, 0.29) is 17.4 Å². The lowest BCUT2D eigenvalue weighted by atomic mass is 9.44. The van der Waals surface area contributed by atoms with E-state index in [9.17, 15) is 9.90 Å². The summed E-state index contributed by atoms with van der Waals surface area (Å²) in [5.74, 6) is 3.74. The van der Waals surface area contributed by atoms with Crippen molar-refractivity contribution in [2.45, 2.75) is 78.2 Å². The van der Waals surface area contributed by atoms with Crippen LogP contribution < -0.4 is 0 Å². The Kier molecular flexibility index (Phi) is 3.32. The molecule has 0 radical (unpaired) electrons. The molecule has 0 aliphatic heterocycles. The third-order valence-electron chi connectivity index (χ3n) is 8.76. The summed E-state index contributed by atoms with van der Waals surface area (Å²) in [6.45, 7) is 7.01. The molecule has 0 unspecified atom stereocenters. The van der Waals surface area contributed by atoms with Gasteiger partial charge in [-0.1, -0.05) is 20.8 Å². The second-order valence-electron chi connectivity index (χ2n) is 9.57. The molecule has 124 valence electrons. The second kappa shape index (κ2) is 4.82. The number of fused-ring (bicyclic) bond motifs is 5. The molecule has 0 aromatic heterocycles. The topological polar surface area (TPSA) is 37.3 Å². The Morgan fingerprint density at radius 1 is 1.00 bits per heavy atom. The van der Waals surface area contributed by atoms with Crippen molar-refractivity contribution >= 4 is 5.78 Å². The van der Waals surface area contributed by atoms with Crippen LogP contribution in [0.2, 0.25) is 0 Å². The molecule has 8 atom stereocenters. The average Bonchev–Trinajstić information content (AvgIpc) is 2.77. The zero-order chi connectivity index (χ0) is 15.7. The summed E-state index contributed by atoms with van der Waals surface area (Å²) in [6.07, 6.45) is 9.16. The van der Waals surface area contributed by atoms with Gasteiger partial charge in [0.1, 0.15) is 5.78 Å². The molecular formula is C20H32O2. The van der Waals surface area contributed by atoms with Gasteiger partial charge in [0, 0.05) is 12.3 Å². The highest BCUT2D eigenvalue weighted by Crippen LogP contribution is 2.66. The van der Waals surface area contributed by atoms with E-state index in [4.69, 9.17) is 0 Å². The van der Waals surface area contributed by atoms with Crippen molar-refractivity contribution < 1.29 is 9.90 Å². The fraction of sp³-hybridized carbons (Fsp3) is 0.950. The standard InChI is InChI=1S/C20H32O2/c1-12-11-20(3)13(10-17(12)21)4-5-14-15-6-7-18(22)19(15,2)9-8-16(14)20/h12-16,18,22H,4-11H2,1-3H3/t12-,13+,14+,15+,16-,18-,19+,20+/m1/s1. The minimum atomic E-state index is -0.0733. The fourth-order valence-corrected chi connectivity index (χ4v) is 7.38. The third-order valence-corrected chi connectivity index (χ3v) is 8.76. The molecule has 0 amide bonds. The molecule has 1 N–H and O–H groups in total. The van der Waals surface area contributed by atoms with Gasteiger partial charge in [0.15, 0.2) is 0 Å². The lowest BCUT2D eigenvalue weighted by Crippen LogP contribution is -2.55. The minimum Gasteiger partial charge on any atom is -0.393 e. The highest BCUT2D eigenvalue weighted by molar-refractivity contribution is 5.82. The summed E-state index contributed by atoms with van der Waals surface area (Å²) in [5.41, 5.74) is 0.561. The van der Waals surface area contributed by atoms with Gasteiger partial charge in [-0.25, -0.2) is 0 Å². The van der Waals surface area contributed by atoms with Crippen LogP contribution in [0, 0.1) is 40.4 Å². The molecule has 4 saturated carbocycles. The van der Waals surface area contributed by atoms with Gasteiger partial charge in [-0.05, 0) is 79.4 Å². The van der Waals surface area contributed by atoms with Gasteiger partial charge >= 0.3 is 0 Å². The van der Waals surface area contributed by atoms with Crippen molar-refractivity contribution in [3.63, 3.8) is 0 Å². The van der Waals surface area contributed by atoms with Gasteiger partial charge in [-0.15, -0.1) is 0 Å². The first-order valence-corrected chi connectivity index (χ1v) is 9.57. The van der Waals surface area contributed by atoms with Crippen LogP contribution in [0.1, 0.15) is 72.1 Å². The molecule has 4 rings (SSSR count). The van der Waals surface area contributed by atoms with E-state index in [0.29, 0.717) is 17.1 Å². The van der Waals surface area contributed by atoms with Gasteiger partial charge in [-0.2, -0.15) is 0 Å². The lowest BCUT2D eigenvalue weighted by Gasteiger charge is -2.60. The van der Waals surface area contributed by atoms with Gasteiger partial charge in [0.25, 0.3) is 0 Å². The number of hydrogen-bond donors (Lipinski definition) is 1. The molecule has 0 bridgehead atoms. The summed E-state index contributed by atoms with van der Waals surface area (Å²) >= 11 is 0. The number of aliphatic hydroxyl groups excluding tert-OH is 1. The van der Waals surface area contributed by atoms with E-state index in [2.05, 4.69) is 20.8 Å². The van der Waals surface area contributed by atoms with E-state index in [0.717, 1.165) is 37.0 Å². The van der Waals surface area contributed by atoms with Crippen LogP contribution in [-0.2, 0) is 4.79 Å². The molecule has 4 fully saturated rings. The Morgan fingerprint density at radius 3 is 2.50 bits per heavy atom. The van der Waals surface area contributed by atoms with E-state index < -0.39 is 0 Å². The number of carbonyl (C=O) groups excluding carboxylic acids is 1. The van der Waals surface area contributed by atoms with E-state index in [1.165, 1.54) is 32.1 Å². The maximum absolute atomic E-state index is 12.2. The second-order valence-corrected chi connectivity index (χ2v) is 9.57. The molecule has 0 spiro atoms. The molecule has 4 aliphatic rings. The monoisotopic (exact) mass is 304 g/mol. The summed E-state index contributed by atoms with van der Waals surface area (Å²) in [5, 5.41) is 10.5. The van der Waals surface area contributed by atoms with E-state index >= 15 is 0 Å². The van der Waals surface area contributed by atoms with Crippen LogP contribution in [0.25, 0.3) is 0 Å². The highest BCUT2D eigenvalue weighted by atomic mass is 16.3. The number of rotatable bonds is 0. The first-order valence-electron chi connectivity index (χ1n) is 9.57. The van der Waals surface area contributed by atoms with Crippen molar-refractivity contribution in [3.8, 4) is 0 Å². The van der Waals surface area contributed by atoms with Crippen molar-refractivity contribution in [2.75, 3.05) is 0 Å². The smallest absolute Gasteiger partial charge is 0.136 e. The third kappa shape index (κ3) is 1.85. The summed E-state index contributed by atoms with van der Waals surface area (Å²) in [4.78, 5) is 12.2. The first kappa shape index (κ1) is 15.2. The maximum Gasteiger partial charge on any atom is 0.136 e. The van der Waals surface area contributed by atoms with E-state index in [1.807, 2.05) is 0 Å². The Morgan fingerprint density at radius 2 is 1.73 bits per heavy atom. The first-order chi connectivity index (χ1) is 10.4. The Labute approximate surface area is 135 Å². The van der Waals surface area contributed by atoms with Gasteiger partial charge < -0.3 is 5.11 Å². The summed E-state index contributed by atoms with van der Waals surface area (Å²) in [6, 6.07) is 0. The number of aliphatic hydroxyl groups is 1. The average molecular weight is 304 g/mol. The summed E-state index contributed by atoms with van der Waals surface area (Å²) in [7, 11) is 0. The predicted molar refractivity (Wildman–Crippen MR) is 87.3 cm³/mol. The number of Topliss-reactive ketones (excluding diaryl/α,β-unsaturated/α-hetero) is 1. The molecule has 0 heterocycles. The van der Waals surface area contributed by atoms with Crippen molar-refractivity contribution in [1.29, 1.82) is 0 Å². The highest BCUT2D eigenvalue weighted by Gasteiger charge is 2.60. The molecule has 0 saturated heterocycles. The molecule has 0 aromatic rings. The Bertz CT molecular complexity index is 486. The largest absolute Gasteiger partial charge is 0.393 e. The summed E-state index contributed by atoms with van der Waals surface area (Å²) < 4.78 is 0.